The highest BCUT2D eigenvalue weighted by Gasteiger charge is 2.21. The van der Waals surface area contributed by atoms with Crippen LogP contribution in [0, 0.1) is 6.57 Å². The molecule has 2 amide bonds. The average Bonchev–Trinajstić information content (AvgIpc) is 2.60. The highest BCUT2D eigenvalue weighted by Crippen LogP contribution is 2.05. The fourth-order valence-electron chi connectivity index (χ4n) is 1.11. The topological polar surface area (TPSA) is 40.3 Å². The van der Waals surface area contributed by atoms with Gasteiger partial charge in [-0.15, -0.1) is 0 Å². The molecule has 0 N–H and O–H groups in total. The molecule has 1 unspecified atom stereocenters. The van der Waals surface area contributed by atoms with Crippen LogP contribution in [0.3, 0.4) is 0 Å². The van der Waals surface area contributed by atoms with Crippen LogP contribution in [0.1, 0.15) is 6.92 Å². The Labute approximate surface area is 83.1 Å². The van der Waals surface area contributed by atoms with Crippen LogP contribution < -0.4 is 0 Å². The van der Waals surface area contributed by atoms with Gasteiger partial charge in [-0.3, -0.25) is 14.8 Å². The number of hydrogen-bond acceptors (Lipinski definition) is 2. The molecule has 1 aliphatic heterocycles. The van der Waals surface area contributed by atoms with Gasteiger partial charge in [0, 0.05) is 7.05 Å². The molecule has 0 aromatic rings. The fourth-order valence-corrected chi connectivity index (χ4v) is 1.11. The highest BCUT2D eigenvalue weighted by atomic mass is 16.2. The van der Waals surface area contributed by atoms with E-state index in [1.165, 1.54) is 17.3 Å². The Hall–Kier alpha value is -1.83. The van der Waals surface area contributed by atoms with Crippen LogP contribution in [-0.4, -0.2) is 41.8 Å². The number of carbonyl (C=O) groups is 1. The number of amides is 2. The Bertz CT molecular complexity index is 315. The SMILES string of the molecule is C#[N+]/C=C\N(C)C(=O)N1C=NC(C)C1. The van der Waals surface area contributed by atoms with Gasteiger partial charge >= 0.3 is 12.2 Å². The van der Waals surface area contributed by atoms with Crippen molar-refractivity contribution in [1.82, 2.24) is 9.80 Å². The lowest BCUT2D eigenvalue weighted by atomic mass is 10.4. The molecule has 5 nitrogen and oxygen atoms in total. The molecule has 74 valence electrons. The zero-order chi connectivity index (χ0) is 10.6. The highest BCUT2D eigenvalue weighted by molar-refractivity contribution is 5.88. The summed E-state index contributed by atoms with van der Waals surface area (Å²) < 4.78 is 0. The summed E-state index contributed by atoms with van der Waals surface area (Å²) in [6, 6.07) is 0.0357. The van der Waals surface area contributed by atoms with Crippen LogP contribution >= 0.6 is 0 Å². The fraction of sp³-hybridized carbons (Fsp3) is 0.444. The minimum Gasteiger partial charge on any atom is -0.297 e. The predicted molar refractivity (Wildman–Crippen MR) is 55.3 cm³/mol. The van der Waals surface area contributed by atoms with Crippen LogP contribution in [0.4, 0.5) is 4.79 Å². The van der Waals surface area contributed by atoms with Gasteiger partial charge < -0.3 is 0 Å². The van der Waals surface area contributed by atoms with Crippen molar-refractivity contribution in [3.8, 4) is 6.57 Å². The maximum absolute atomic E-state index is 11.6. The van der Waals surface area contributed by atoms with Crippen molar-refractivity contribution < 1.29 is 4.79 Å². The Morgan fingerprint density at radius 3 is 3.07 bits per heavy atom. The van der Waals surface area contributed by atoms with Crippen molar-refractivity contribution in [2.75, 3.05) is 13.6 Å². The van der Waals surface area contributed by atoms with E-state index in [-0.39, 0.29) is 12.1 Å². The maximum Gasteiger partial charge on any atom is 0.329 e. The van der Waals surface area contributed by atoms with Gasteiger partial charge in [-0.25, -0.2) is 4.79 Å². The van der Waals surface area contributed by atoms with Gasteiger partial charge in [0.25, 0.3) is 6.57 Å². The van der Waals surface area contributed by atoms with E-state index >= 15 is 0 Å². The van der Waals surface area contributed by atoms with E-state index in [4.69, 9.17) is 6.57 Å². The first-order valence-corrected chi connectivity index (χ1v) is 4.28. The van der Waals surface area contributed by atoms with Crippen LogP contribution in [0.5, 0.6) is 0 Å². The van der Waals surface area contributed by atoms with Crippen LogP contribution in [0.25, 0.3) is 4.85 Å². The van der Waals surface area contributed by atoms with E-state index in [9.17, 15) is 4.79 Å². The lowest BCUT2D eigenvalue weighted by Gasteiger charge is -2.18. The van der Waals surface area contributed by atoms with E-state index in [1.807, 2.05) is 6.92 Å². The zero-order valence-electron chi connectivity index (χ0n) is 8.29. The van der Waals surface area contributed by atoms with E-state index < -0.39 is 0 Å². The van der Waals surface area contributed by atoms with Crippen LogP contribution in [0.2, 0.25) is 0 Å². The van der Waals surface area contributed by atoms with Crippen molar-refractivity contribution in [3.63, 3.8) is 0 Å². The molecule has 0 saturated carbocycles. The van der Waals surface area contributed by atoms with E-state index in [0.29, 0.717) is 6.54 Å². The number of nitrogens with zero attached hydrogens (tertiary/aromatic N) is 4. The molecule has 1 heterocycles. The van der Waals surface area contributed by atoms with Gasteiger partial charge in [-0.1, -0.05) is 0 Å². The Morgan fingerprint density at radius 2 is 2.57 bits per heavy atom. The average molecular weight is 193 g/mol. The van der Waals surface area contributed by atoms with Crippen molar-refractivity contribution in [1.29, 1.82) is 0 Å². The van der Waals surface area contributed by atoms with Crippen molar-refractivity contribution in [2.24, 2.45) is 4.99 Å². The van der Waals surface area contributed by atoms with Crippen molar-refractivity contribution in [3.05, 3.63) is 17.2 Å². The van der Waals surface area contributed by atoms with Crippen molar-refractivity contribution in [2.45, 2.75) is 13.0 Å². The second-order valence-electron chi connectivity index (χ2n) is 3.11. The third-order valence-electron chi connectivity index (χ3n) is 1.85. The molecule has 0 bridgehead atoms. The molecule has 0 fully saturated rings. The second kappa shape index (κ2) is 4.42. The summed E-state index contributed by atoms with van der Waals surface area (Å²) in [5, 5.41) is 0. The normalized spacial score (nSPS) is 20.1. The van der Waals surface area contributed by atoms with Gasteiger partial charge in [0.15, 0.2) is 0 Å². The number of carbonyl (C=O) groups excluding carboxylic acids is 1. The Morgan fingerprint density at radius 1 is 1.86 bits per heavy atom. The summed E-state index contributed by atoms with van der Waals surface area (Å²) in [4.78, 5) is 21.9. The molecule has 0 aromatic carbocycles. The Balaban J connectivity index is 2.54. The van der Waals surface area contributed by atoms with Gasteiger partial charge in [0.05, 0.1) is 25.1 Å². The van der Waals surface area contributed by atoms with Gasteiger partial charge in [-0.05, 0) is 11.8 Å². The molecule has 1 atom stereocenters. The number of urea groups is 1. The van der Waals surface area contributed by atoms with Gasteiger partial charge in [0.1, 0.15) is 0 Å². The standard InChI is InChI=1S/C9H13N4O/c1-8-6-13(7-11-8)9(14)12(3)5-4-10-2/h2,4-5,7-8H,6H2,1,3H3/q+1/b5-4-. The molecule has 0 radical (unpaired) electrons. The molecule has 0 saturated heterocycles. The molecular weight excluding hydrogens is 180 g/mol. The van der Waals surface area contributed by atoms with Crippen molar-refractivity contribution >= 4 is 12.4 Å². The summed E-state index contributed by atoms with van der Waals surface area (Å²) in [6.45, 7) is 7.49. The first kappa shape index (κ1) is 10.3. The Kier molecular flexibility index (Phi) is 3.24. The van der Waals surface area contributed by atoms with Gasteiger partial charge in [-0.2, -0.15) is 0 Å². The minimum atomic E-state index is -0.141. The molecular formula is C9H13N4O+. The second-order valence-corrected chi connectivity index (χ2v) is 3.11. The summed E-state index contributed by atoms with van der Waals surface area (Å²) in [5.74, 6) is 0. The lowest BCUT2D eigenvalue weighted by molar-refractivity contribution is 0.202. The predicted octanol–water partition coefficient (Wildman–Crippen LogP) is 1.20. The minimum absolute atomic E-state index is 0.141. The summed E-state index contributed by atoms with van der Waals surface area (Å²) in [6.07, 6.45) is 4.41. The number of hydrogen-bond donors (Lipinski definition) is 0. The summed E-state index contributed by atoms with van der Waals surface area (Å²) in [5.41, 5.74) is 0. The molecule has 0 aliphatic carbocycles. The van der Waals surface area contributed by atoms with Gasteiger partial charge in [0.2, 0.25) is 0 Å². The lowest BCUT2D eigenvalue weighted by Crippen LogP contribution is -2.37. The van der Waals surface area contributed by atoms with E-state index in [2.05, 4.69) is 9.84 Å². The molecule has 1 rings (SSSR count). The number of rotatable bonds is 1. The zero-order valence-corrected chi connectivity index (χ0v) is 8.29. The largest absolute Gasteiger partial charge is 0.329 e. The third kappa shape index (κ3) is 2.33. The monoisotopic (exact) mass is 193 g/mol. The molecule has 5 heteroatoms. The third-order valence-corrected chi connectivity index (χ3v) is 1.85. The smallest absolute Gasteiger partial charge is 0.297 e. The first-order chi connectivity index (χ1) is 6.65. The van der Waals surface area contributed by atoms with E-state index in [1.54, 1.807) is 18.3 Å². The van der Waals surface area contributed by atoms with E-state index in [0.717, 1.165) is 0 Å². The maximum atomic E-state index is 11.6. The number of aliphatic imine (C=N–C) groups is 1. The molecule has 0 spiro atoms. The summed E-state index contributed by atoms with van der Waals surface area (Å²) in [7, 11) is 1.64. The van der Waals surface area contributed by atoms with Crippen LogP contribution in [-0.2, 0) is 0 Å². The molecule has 14 heavy (non-hydrogen) atoms. The molecule has 0 aromatic heterocycles. The first-order valence-electron chi connectivity index (χ1n) is 4.28. The quantitative estimate of drug-likeness (QED) is 0.617. The molecule has 1 aliphatic rings. The van der Waals surface area contributed by atoms with Crippen LogP contribution in [0.15, 0.2) is 17.4 Å². The summed E-state index contributed by atoms with van der Waals surface area (Å²) >= 11 is 0.